The van der Waals surface area contributed by atoms with Crippen molar-refractivity contribution in [2.45, 2.75) is 58.3 Å². The Labute approximate surface area is 131 Å². The summed E-state index contributed by atoms with van der Waals surface area (Å²) >= 11 is 3.62. The Bertz CT molecular complexity index is 425. The van der Waals surface area contributed by atoms with Gasteiger partial charge in [-0.1, -0.05) is 48.0 Å². The summed E-state index contributed by atoms with van der Waals surface area (Å²) in [7, 11) is 0. The zero-order valence-electron chi connectivity index (χ0n) is 12.7. The van der Waals surface area contributed by atoms with Crippen LogP contribution in [0, 0.1) is 11.8 Å². The molecule has 0 aromatic heterocycles. The van der Waals surface area contributed by atoms with Gasteiger partial charge in [0.25, 0.3) is 0 Å². The van der Waals surface area contributed by atoms with Crippen LogP contribution in [-0.4, -0.2) is 12.1 Å². The molecule has 4 unspecified atom stereocenters. The van der Waals surface area contributed by atoms with E-state index in [0.717, 1.165) is 34.7 Å². The maximum atomic E-state index is 6.41. The summed E-state index contributed by atoms with van der Waals surface area (Å²) in [5.74, 6) is 1.49. The fourth-order valence-corrected chi connectivity index (χ4v) is 3.89. The summed E-state index contributed by atoms with van der Waals surface area (Å²) < 4.78 is 7.49. The summed E-state index contributed by atoms with van der Waals surface area (Å²) in [6.45, 7) is 6.68. The zero-order valence-corrected chi connectivity index (χ0v) is 14.3. The van der Waals surface area contributed by atoms with E-state index in [4.69, 9.17) is 10.5 Å². The summed E-state index contributed by atoms with van der Waals surface area (Å²) in [6, 6.07) is 8.22. The number of benzene rings is 1. The van der Waals surface area contributed by atoms with Gasteiger partial charge in [-0.15, -0.1) is 0 Å². The van der Waals surface area contributed by atoms with Crippen molar-refractivity contribution in [1.29, 1.82) is 0 Å². The highest BCUT2D eigenvalue weighted by atomic mass is 79.9. The van der Waals surface area contributed by atoms with Gasteiger partial charge in [0.2, 0.25) is 0 Å². The first-order valence-corrected chi connectivity index (χ1v) is 8.42. The van der Waals surface area contributed by atoms with Crippen molar-refractivity contribution in [2.24, 2.45) is 17.6 Å². The Hall–Kier alpha value is -0.380. The number of hydrogen-bond donors (Lipinski definition) is 1. The number of hydrogen-bond acceptors (Lipinski definition) is 2. The minimum atomic E-state index is -0.0342. The molecule has 2 N–H and O–H groups in total. The maximum Gasteiger partial charge on any atom is 0.0987 e. The molecular formula is C17H26BrNO. The first-order valence-electron chi connectivity index (χ1n) is 7.62. The summed E-state index contributed by atoms with van der Waals surface area (Å²) in [4.78, 5) is 0. The van der Waals surface area contributed by atoms with Crippen molar-refractivity contribution in [3.63, 3.8) is 0 Å². The lowest BCUT2D eigenvalue weighted by atomic mass is 9.81. The molecule has 0 spiro atoms. The highest BCUT2D eigenvalue weighted by molar-refractivity contribution is 9.10. The van der Waals surface area contributed by atoms with Gasteiger partial charge in [0.15, 0.2) is 0 Å². The maximum absolute atomic E-state index is 6.41. The lowest BCUT2D eigenvalue weighted by Gasteiger charge is -2.35. The highest BCUT2D eigenvalue weighted by Crippen LogP contribution is 2.35. The van der Waals surface area contributed by atoms with Crippen LogP contribution in [-0.2, 0) is 4.74 Å². The lowest BCUT2D eigenvalue weighted by molar-refractivity contribution is -0.0588. The molecule has 1 saturated carbocycles. The smallest absolute Gasteiger partial charge is 0.0987 e. The number of ether oxygens (including phenoxy) is 1. The number of nitrogens with two attached hydrogens (primary N) is 1. The molecule has 112 valence electrons. The molecule has 1 aliphatic rings. The molecule has 2 rings (SSSR count). The Morgan fingerprint density at radius 2 is 1.75 bits per heavy atom. The van der Waals surface area contributed by atoms with E-state index in [9.17, 15) is 0 Å². The fraction of sp³-hybridized carbons (Fsp3) is 0.647. The van der Waals surface area contributed by atoms with Crippen LogP contribution in [0.3, 0.4) is 0 Å². The Balaban J connectivity index is 2.12. The van der Waals surface area contributed by atoms with Crippen LogP contribution in [0.15, 0.2) is 28.7 Å². The average Bonchev–Trinajstić information content (AvgIpc) is 2.35. The largest absolute Gasteiger partial charge is 0.369 e. The topological polar surface area (TPSA) is 35.2 Å². The molecule has 0 saturated heterocycles. The average molecular weight is 340 g/mol. The second-order valence-electron chi connectivity index (χ2n) is 6.48. The third-order valence-corrected chi connectivity index (χ3v) is 4.89. The molecule has 0 radical (unpaired) electrons. The van der Waals surface area contributed by atoms with Gasteiger partial charge in [0.1, 0.15) is 0 Å². The Morgan fingerprint density at radius 3 is 2.30 bits per heavy atom. The molecule has 3 heteroatoms. The van der Waals surface area contributed by atoms with Gasteiger partial charge >= 0.3 is 0 Å². The SMILES string of the molecule is CC1CC(C)CC(OC(c2ccccc2Br)C(C)N)C1. The van der Waals surface area contributed by atoms with Crippen molar-refractivity contribution < 1.29 is 4.74 Å². The minimum absolute atomic E-state index is 0.0127. The normalized spacial score (nSPS) is 29.9. The van der Waals surface area contributed by atoms with Gasteiger partial charge in [0, 0.05) is 10.5 Å². The van der Waals surface area contributed by atoms with Crippen molar-refractivity contribution in [3.8, 4) is 0 Å². The van der Waals surface area contributed by atoms with Gasteiger partial charge in [-0.3, -0.25) is 0 Å². The lowest BCUT2D eigenvalue weighted by Crippen LogP contribution is -2.34. The second kappa shape index (κ2) is 7.06. The van der Waals surface area contributed by atoms with Crippen LogP contribution in [0.5, 0.6) is 0 Å². The molecule has 0 bridgehead atoms. The fourth-order valence-electron chi connectivity index (χ4n) is 3.38. The van der Waals surface area contributed by atoms with E-state index in [1.54, 1.807) is 0 Å². The van der Waals surface area contributed by atoms with E-state index in [0.29, 0.717) is 6.10 Å². The van der Waals surface area contributed by atoms with Crippen molar-refractivity contribution >= 4 is 15.9 Å². The summed E-state index contributed by atoms with van der Waals surface area (Å²) in [5, 5.41) is 0. The highest BCUT2D eigenvalue weighted by Gasteiger charge is 2.29. The van der Waals surface area contributed by atoms with E-state index >= 15 is 0 Å². The molecule has 0 heterocycles. The van der Waals surface area contributed by atoms with E-state index in [1.165, 1.54) is 6.42 Å². The molecule has 0 aliphatic heterocycles. The molecule has 1 aromatic carbocycles. The minimum Gasteiger partial charge on any atom is -0.369 e. The summed E-state index contributed by atoms with van der Waals surface area (Å²) in [5.41, 5.74) is 7.34. The number of halogens is 1. The van der Waals surface area contributed by atoms with E-state index in [2.05, 4.69) is 41.9 Å². The zero-order chi connectivity index (χ0) is 14.7. The predicted molar refractivity (Wildman–Crippen MR) is 87.6 cm³/mol. The van der Waals surface area contributed by atoms with Crippen LogP contribution in [0.4, 0.5) is 0 Å². The third kappa shape index (κ3) is 4.06. The Kier molecular flexibility index (Phi) is 5.65. The van der Waals surface area contributed by atoms with Gasteiger partial charge in [-0.25, -0.2) is 0 Å². The van der Waals surface area contributed by atoms with Gasteiger partial charge in [0.05, 0.1) is 12.2 Å². The van der Waals surface area contributed by atoms with Crippen molar-refractivity contribution in [2.75, 3.05) is 0 Å². The van der Waals surface area contributed by atoms with Gasteiger partial charge < -0.3 is 10.5 Å². The van der Waals surface area contributed by atoms with Crippen molar-refractivity contribution in [1.82, 2.24) is 0 Å². The first-order chi connectivity index (χ1) is 9.47. The van der Waals surface area contributed by atoms with Crippen LogP contribution in [0.2, 0.25) is 0 Å². The molecule has 1 aromatic rings. The first kappa shape index (κ1) is 16.0. The van der Waals surface area contributed by atoms with E-state index < -0.39 is 0 Å². The quantitative estimate of drug-likeness (QED) is 0.864. The molecule has 0 amide bonds. The van der Waals surface area contributed by atoms with Crippen LogP contribution in [0.1, 0.15) is 51.7 Å². The number of rotatable bonds is 4. The van der Waals surface area contributed by atoms with Gasteiger partial charge in [-0.2, -0.15) is 0 Å². The molecular weight excluding hydrogens is 314 g/mol. The Morgan fingerprint density at radius 1 is 1.15 bits per heavy atom. The molecule has 20 heavy (non-hydrogen) atoms. The molecule has 1 fully saturated rings. The van der Waals surface area contributed by atoms with Crippen LogP contribution in [0.25, 0.3) is 0 Å². The second-order valence-corrected chi connectivity index (χ2v) is 7.33. The standard InChI is InChI=1S/C17H26BrNO/c1-11-8-12(2)10-14(9-11)20-17(13(3)19)15-6-4-5-7-16(15)18/h4-7,11-14,17H,8-10,19H2,1-3H3. The monoisotopic (exact) mass is 339 g/mol. The van der Waals surface area contributed by atoms with Crippen LogP contribution < -0.4 is 5.73 Å². The summed E-state index contributed by atoms with van der Waals surface area (Å²) in [6.07, 6.45) is 3.92. The van der Waals surface area contributed by atoms with Crippen LogP contribution >= 0.6 is 15.9 Å². The molecule has 1 aliphatic carbocycles. The van der Waals surface area contributed by atoms with E-state index in [-0.39, 0.29) is 12.1 Å². The predicted octanol–water partition coefficient (Wildman–Crippen LogP) is 4.68. The van der Waals surface area contributed by atoms with Gasteiger partial charge in [-0.05, 0) is 49.7 Å². The molecule has 2 nitrogen and oxygen atoms in total. The van der Waals surface area contributed by atoms with E-state index in [1.807, 2.05) is 19.1 Å². The third-order valence-electron chi connectivity index (χ3n) is 4.16. The molecule has 4 atom stereocenters. The van der Waals surface area contributed by atoms with Crippen molar-refractivity contribution in [3.05, 3.63) is 34.3 Å².